The molecule has 0 saturated heterocycles. The number of oxime groups is 1. The van der Waals surface area contributed by atoms with Crippen LogP contribution in [-0.2, 0) is 0 Å². The fourth-order valence-corrected chi connectivity index (χ4v) is 1.23. The summed E-state index contributed by atoms with van der Waals surface area (Å²) in [4.78, 5) is 0. The lowest BCUT2D eigenvalue weighted by atomic mass is 10.2. The molecule has 5 heteroatoms. The summed E-state index contributed by atoms with van der Waals surface area (Å²) in [5, 5.41) is 11.7. The Balaban J connectivity index is 3.23. The van der Waals surface area contributed by atoms with Crippen molar-refractivity contribution < 1.29 is 14.7 Å². The van der Waals surface area contributed by atoms with Gasteiger partial charge in [-0.1, -0.05) is 16.8 Å². The molecule has 0 atom stereocenters. The Hall–Kier alpha value is -1.42. The maximum atomic E-state index is 8.37. The first-order chi connectivity index (χ1) is 6.72. The van der Waals surface area contributed by atoms with Gasteiger partial charge in [-0.25, -0.2) is 0 Å². The van der Waals surface area contributed by atoms with Gasteiger partial charge < -0.3 is 14.7 Å². The Morgan fingerprint density at radius 2 is 1.86 bits per heavy atom. The number of hydrogen-bond acceptors (Lipinski definition) is 4. The highest BCUT2D eigenvalue weighted by atomic mass is 35.5. The molecule has 1 N–H and O–H groups in total. The molecule has 4 nitrogen and oxygen atoms in total. The minimum absolute atomic E-state index is 0.431. The van der Waals surface area contributed by atoms with Crippen molar-refractivity contribution >= 4 is 17.8 Å². The second-order valence-corrected chi connectivity index (χ2v) is 2.88. The van der Waals surface area contributed by atoms with Crippen molar-refractivity contribution in [3.63, 3.8) is 0 Å². The summed E-state index contributed by atoms with van der Waals surface area (Å²) in [5.74, 6) is 1.07. The molecular formula is C9H10ClNO3. The van der Waals surface area contributed by atoms with Crippen LogP contribution in [-0.4, -0.2) is 25.6 Å². The number of ether oxygens (including phenoxy) is 2. The quantitative estimate of drug-likeness (QED) is 0.478. The lowest BCUT2D eigenvalue weighted by Crippen LogP contribution is -1.93. The topological polar surface area (TPSA) is 51.0 Å². The number of halogens is 1. The molecule has 0 spiro atoms. The van der Waals surface area contributed by atoms with Crippen molar-refractivity contribution in [2.45, 2.75) is 0 Å². The van der Waals surface area contributed by atoms with Gasteiger partial charge in [0.15, 0.2) is 11.5 Å². The zero-order valence-corrected chi connectivity index (χ0v) is 8.58. The second kappa shape index (κ2) is 4.72. The van der Waals surface area contributed by atoms with E-state index >= 15 is 0 Å². The SMILES string of the molecule is COc1cc(Cl)c(C=NO)cc1OC. The molecule has 0 saturated carbocycles. The van der Waals surface area contributed by atoms with Crippen molar-refractivity contribution in [1.29, 1.82) is 0 Å². The first-order valence-electron chi connectivity index (χ1n) is 3.82. The Morgan fingerprint density at radius 1 is 1.29 bits per heavy atom. The van der Waals surface area contributed by atoms with E-state index in [4.69, 9.17) is 26.3 Å². The number of hydrogen-bond donors (Lipinski definition) is 1. The minimum Gasteiger partial charge on any atom is -0.493 e. The highest BCUT2D eigenvalue weighted by molar-refractivity contribution is 6.33. The smallest absolute Gasteiger partial charge is 0.162 e. The van der Waals surface area contributed by atoms with Crippen LogP contribution in [0.25, 0.3) is 0 Å². The van der Waals surface area contributed by atoms with Crippen molar-refractivity contribution in [1.82, 2.24) is 0 Å². The van der Waals surface area contributed by atoms with Gasteiger partial charge in [0, 0.05) is 11.6 Å². The molecule has 1 aromatic carbocycles. The molecule has 0 heterocycles. The Kier molecular flexibility index (Phi) is 3.59. The molecule has 1 aromatic rings. The number of nitrogens with zero attached hydrogens (tertiary/aromatic N) is 1. The molecule has 0 fully saturated rings. The molecule has 0 amide bonds. The lowest BCUT2D eigenvalue weighted by Gasteiger charge is -2.08. The summed E-state index contributed by atoms with van der Waals surface area (Å²) in [6, 6.07) is 3.22. The van der Waals surface area contributed by atoms with Crippen LogP contribution in [0.2, 0.25) is 5.02 Å². The molecule has 0 unspecified atom stereocenters. The van der Waals surface area contributed by atoms with E-state index in [0.29, 0.717) is 22.1 Å². The van der Waals surface area contributed by atoms with Gasteiger partial charge in [0.25, 0.3) is 0 Å². The zero-order chi connectivity index (χ0) is 10.6. The fourth-order valence-electron chi connectivity index (χ4n) is 1.03. The van der Waals surface area contributed by atoms with Crippen LogP contribution >= 0.6 is 11.6 Å². The Morgan fingerprint density at radius 3 is 2.36 bits per heavy atom. The molecule has 0 radical (unpaired) electrons. The maximum absolute atomic E-state index is 8.37. The van der Waals surface area contributed by atoms with Gasteiger partial charge in [-0.2, -0.15) is 0 Å². The largest absolute Gasteiger partial charge is 0.493 e. The highest BCUT2D eigenvalue weighted by Gasteiger charge is 2.08. The van der Waals surface area contributed by atoms with Gasteiger partial charge in [-0.3, -0.25) is 0 Å². The van der Waals surface area contributed by atoms with Crippen LogP contribution in [0.1, 0.15) is 5.56 Å². The summed E-state index contributed by atoms with van der Waals surface area (Å²) in [5.41, 5.74) is 0.562. The lowest BCUT2D eigenvalue weighted by molar-refractivity contribution is 0.321. The predicted octanol–water partition coefficient (Wildman–Crippen LogP) is 2.17. The Bertz CT molecular complexity index is 352. The van der Waals surface area contributed by atoms with Crippen molar-refractivity contribution in [2.24, 2.45) is 5.16 Å². The number of methoxy groups -OCH3 is 2. The predicted molar refractivity (Wildman–Crippen MR) is 53.9 cm³/mol. The van der Waals surface area contributed by atoms with Crippen molar-refractivity contribution in [3.8, 4) is 11.5 Å². The third kappa shape index (κ3) is 2.09. The van der Waals surface area contributed by atoms with E-state index in [0.717, 1.165) is 0 Å². The van der Waals surface area contributed by atoms with E-state index in [1.165, 1.54) is 20.4 Å². The van der Waals surface area contributed by atoms with E-state index in [1.54, 1.807) is 12.1 Å². The van der Waals surface area contributed by atoms with Gasteiger partial charge in [-0.05, 0) is 6.07 Å². The Labute approximate surface area is 86.7 Å². The average Bonchev–Trinajstić information content (AvgIpc) is 2.20. The minimum atomic E-state index is 0.431. The molecule has 0 aliphatic rings. The van der Waals surface area contributed by atoms with Gasteiger partial charge in [0.2, 0.25) is 0 Å². The van der Waals surface area contributed by atoms with Crippen LogP contribution in [0.5, 0.6) is 11.5 Å². The summed E-state index contributed by atoms with van der Waals surface area (Å²) in [6.07, 6.45) is 1.23. The number of rotatable bonds is 3. The molecule has 76 valence electrons. The normalized spacial score (nSPS) is 10.5. The van der Waals surface area contributed by atoms with Crippen LogP contribution in [0.4, 0.5) is 0 Å². The monoisotopic (exact) mass is 215 g/mol. The third-order valence-electron chi connectivity index (χ3n) is 1.70. The van der Waals surface area contributed by atoms with Gasteiger partial charge >= 0.3 is 0 Å². The molecule has 0 aromatic heterocycles. The van der Waals surface area contributed by atoms with E-state index in [2.05, 4.69) is 5.16 Å². The fraction of sp³-hybridized carbons (Fsp3) is 0.222. The average molecular weight is 216 g/mol. The maximum Gasteiger partial charge on any atom is 0.162 e. The molecule has 0 aliphatic heterocycles. The van der Waals surface area contributed by atoms with Crippen LogP contribution in [0.3, 0.4) is 0 Å². The number of benzene rings is 1. The van der Waals surface area contributed by atoms with E-state index < -0.39 is 0 Å². The summed E-state index contributed by atoms with van der Waals surface area (Å²) >= 11 is 5.88. The third-order valence-corrected chi connectivity index (χ3v) is 2.03. The van der Waals surface area contributed by atoms with Gasteiger partial charge in [0.05, 0.1) is 25.5 Å². The van der Waals surface area contributed by atoms with Gasteiger partial charge in [0.1, 0.15) is 0 Å². The molecular weight excluding hydrogens is 206 g/mol. The molecule has 0 bridgehead atoms. The van der Waals surface area contributed by atoms with Crippen LogP contribution in [0, 0.1) is 0 Å². The summed E-state index contributed by atoms with van der Waals surface area (Å²) in [6.45, 7) is 0. The van der Waals surface area contributed by atoms with E-state index in [-0.39, 0.29) is 0 Å². The zero-order valence-electron chi connectivity index (χ0n) is 7.82. The molecule has 1 rings (SSSR count). The highest BCUT2D eigenvalue weighted by Crippen LogP contribution is 2.32. The van der Waals surface area contributed by atoms with Crippen LogP contribution in [0.15, 0.2) is 17.3 Å². The standard InChI is InChI=1S/C9H10ClNO3/c1-13-8-3-6(5-11-12)7(10)4-9(8)14-2/h3-5,12H,1-2H3. The van der Waals surface area contributed by atoms with E-state index in [9.17, 15) is 0 Å². The summed E-state index contributed by atoms with van der Waals surface area (Å²) < 4.78 is 10.1. The first-order valence-corrected chi connectivity index (χ1v) is 4.19. The van der Waals surface area contributed by atoms with Crippen molar-refractivity contribution in [2.75, 3.05) is 14.2 Å². The molecule has 0 aliphatic carbocycles. The van der Waals surface area contributed by atoms with E-state index in [1.807, 2.05) is 0 Å². The first kappa shape index (κ1) is 10.7. The van der Waals surface area contributed by atoms with Crippen molar-refractivity contribution in [3.05, 3.63) is 22.7 Å². The molecule has 14 heavy (non-hydrogen) atoms. The summed E-state index contributed by atoms with van der Waals surface area (Å²) in [7, 11) is 3.04. The van der Waals surface area contributed by atoms with Crippen LogP contribution < -0.4 is 9.47 Å². The van der Waals surface area contributed by atoms with Gasteiger partial charge in [-0.15, -0.1) is 0 Å². The second-order valence-electron chi connectivity index (χ2n) is 2.47.